The topological polar surface area (TPSA) is 108 Å². The normalized spacial score (nSPS) is 11.9. The van der Waals surface area contributed by atoms with Gasteiger partial charge in [0.15, 0.2) is 0 Å². The third-order valence-corrected chi connectivity index (χ3v) is 4.46. The van der Waals surface area contributed by atoms with Crippen LogP contribution in [0.1, 0.15) is 40.5 Å². The summed E-state index contributed by atoms with van der Waals surface area (Å²) in [5, 5.41) is 12.8. The fourth-order valence-corrected chi connectivity index (χ4v) is 2.67. The second-order valence-corrected chi connectivity index (χ2v) is 6.54. The molecule has 0 aliphatic carbocycles. The predicted octanol–water partition coefficient (Wildman–Crippen LogP) is 2.84. The zero-order valence-electron chi connectivity index (χ0n) is 15.3. The zero-order valence-corrected chi connectivity index (χ0v) is 16.1. The number of H-pyrrole nitrogens is 1. The lowest BCUT2D eigenvalue weighted by Crippen LogP contribution is -2.29. The van der Waals surface area contributed by atoms with Crippen molar-refractivity contribution < 1.29 is 9.18 Å². The lowest BCUT2D eigenvalue weighted by Gasteiger charge is -2.14. The summed E-state index contributed by atoms with van der Waals surface area (Å²) in [5.41, 5.74) is 1.91. The molecule has 0 fully saturated rings. The second kappa shape index (κ2) is 8.75. The molecule has 3 N–H and O–H groups in total. The highest BCUT2D eigenvalue weighted by Crippen LogP contribution is 2.22. The van der Waals surface area contributed by atoms with Crippen LogP contribution in [0.4, 0.5) is 10.2 Å². The third-order valence-electron chi connectivity index (χ3n) is 4.01. The lowest BCUT2D eigenvalue weighted by atomic mass is 10.2. The smallest absolute Gasteiger partial charge is 0.289 e. The molecule has 1 atom stereocenters. The van der Waals surface area contributed by atoms with Crippen LogP contribution in [0.5, 0.6) is 0 Å². The fraction of sp³-hybridized carbons (Fsp3) is 0.278. The molecule has 10 heteroatoms. The van der Waals surface area contributed by atoms with E-state index in [-0.39, 0.29) is 5.82 Å². The van der Waals surface area contributed by atoms with Crippen molar-refractivity contribution in [2.45, 2.75) is 26.3 Å². The van der Waals surface area contributed by atoms with Crippen LogP contribution >= 0.6 is 11.6 Å². The summed E-state index contributed by atoms with van der Waals surface area (Å²) in [7, 11) is 0. The van der Waals surface area contributed by atoms with Crippen LogP contribution < -0.4 is 10.6 Å². The molecule has 3 heterocycles. The Balaban J connectivity index is 1.70. The Morgan fingerprint density at radius 1 is 1.32 bits per heavy atom. The molecule has 28 heavy (non-hydrogen) atoms. The Hall–Kier alpha value is -3.07. The number of aromatic nitrogens is 5. The van der Waals surface area contributed by atoms with Gasteiger partial charge in [0.2, 0.25) is 11.8 Å². The summed E-state index contributed by atoms with van der Waals surface area (Å²) in [6, 6.07) is 3.89. The van der Waals surface area contributed by atoms with Gasteiger partial charge in [0.1, 0.15) is 10.8 Å². The first-order valence-corrected chi connectivity index (χ1v) is 9.01. The molecule has 3 aromatic heterocycles. The monoisotopic (exact) mass is 403 g/mol. The average molecular weight is 404 g/mol. The van der Waals surface area contributed by atoms with Crippen LogP contribution in [0.15, 0.2) is 30.6 Å². The summed E-state index contributed by atoms with van der Waals surface area (Å²) in [5.74, 6) is -0.771. The van der Waals surface area contributed by atoms with Crippen molar-refractivity contribution in [3.05, 3.63) is 64.3 Å². The van der Waals surface area contributed by atoms with Crippen LogP contribution in [-0.2, 0) is 6.42 Å². The highest BCUT2D eigenvalue weighted by Gasteiger charge is 2.18. The van der Waals surface area contributed by atoms with Crippen molar-refractivity contribution in [1.29, 1.82) is 0 Å². The third kappa shape index (κ3) is 4.80. The Bertz CT molecular complexity index is 965. The van der Waals surface area contributed by atoms with Gasteiger partial charge in [-0.15, -0.1) is 0 Å². The van der Waals surface area contributed by atoms with Crippen LogP contribution in [0.25, 0.3) is 0 Å². The van der Waals surface area contributed by atoms with Gasteiger partial charge < -0.3 is 10.6 Å². The van der Waals surface area contributed by atoms with E-state index in [2.05, 4.69) is 35.8 Å². The Morgan fingerprint density at radius 2 is 2.14 bits per heavy atom. The molecule has 3 aromatic rings. The standard InChI is InChI=1S/C18H19ClFN7O/c1-10(13-4-3-5-14(20)26-13)25-18(28)17-24-11(2)15(19)16(27-17)21-7-6-12-8-22-23-9-12/h3-5,8-10H,6-7H2,1-2H3,(H,22,23)(H,25,28)(H,21,24,27)/t10-/m1/s1. The molecule has 1 amide bonds. The van der Waals surface area contributed by atoms with Gasteiger partial charge >= 0.3 is 0 Å². The van der Waals surface area contributed by atoms with E-state index < -0.39 is 17.9 Å². The van der Waals surface area contributed by atoms with Gasteiger partial charge in [0.25, 0.3) is 5.91 Å². The van der Waals surface area contributed by atoms with Gasteiger partial charge in [0.05, 0.1) is 23.6 Å². The Kier molecular flexibility index (Phi) is 6.15. The number of carbonyl (C=O) groups excluding carboxylic acids is 1. The van der Waals surface area contributed by atoms with Crippen molar-refractivity contribution in [2.75, 3.05) is 11.9 Å². The minimum Gasteiger partial charge on any atom is -0.368 e. The van der Waals surface area contributed by atoms with E-state index in [1.165, 1.54) is 12.1 Å². The maximum atomic E-state index is 13.3. The molecule has 0 saturated heterocycles. The van der Waals surface area contributed by atoms with Gasteiger partial charge in [-0.25, -0.2) is 15.0 Å². The lowest BCUT2D eigenvalue weighted by molar-refractivity contribution is 0.0928. The van der Waals surface area contributed by atoms with Crippen molar-refractivity contribution >= 4 is 23.3 Å². The molecule has 0 aliphatic heterocycles. The largest absolute Gasteiger partial charge is 0.368 e. The summed E-state index contributed by atoms with van der Waals surface area (Å²) in [6.45, 7) is 3.95. The fourth-order valence-electron chi connectivity index (χ4n) is 2.52. The van der Waals surface area contributed by atoms with Gasteiger partial charge in [-0.05, 0) is 38.0 Å². The molecule has 0 aromatic carbocycles. The van der Waals surface area contributed by atoms with Crippen LogP contribution in [0.2, 0.25) is 5.02 Å². The van der Waals surface area contributed by atoms with Crippen molar-refractivity contribution in [3.63, 3.8) is 0 Å². The van der Waals surface area contributed by atoms with Gasteiger partial charge in [0, 0.05) is 12.7 Å². The number of anilines is 1. The predicted molar refractivity (Wildman–Crippen MR) is 103 cm³/mol. The molecule has 0 radical (unpaired) electrons. The molecule has 0 unspecified atom stereocenters. The van der Waals surface area contributed by atoms with Gasteiger partial charge in [-0.1, -0.05) is 17.7 Å². The highest BCUT2D eigenvalue weighted by atomic mass is 35.5. The first kappa shape index (κ1) is 19.7. The van der Waals surface area contributed by atoms with Crippen LogP contribution in [0.3, 0.4) is 0 Å². The molecule has 0 bridgehead atoms. The van der Waals surface area contributed by atoms with E-state index in [4.69, 9.17) is 11.6 Å². The molecule has 146 valence electrons. The molecule has 0 saturated carbocycles. The van der Waals surface area contributed by atoms with E-state index in [1.807, 2.05) is 0 Å². The second-order valence-electron chi connectivity index (χ2n) is 6.16. The Morgan fingerprint density at radius 3 is 2.86 bits per heavy atom. The molecule has 0 spiro atoms. The maximum absolute atomic E-state index is 13.3. The van der Waals surface area contributed by atoms with E-state index in [0.29, 0.717) is 35.2 Å². The highest BCUT2D eigenvalue weighted by molar-refractivity contribution is 6.33. The number of carbonyl (C=O) groups is 1. The van der Waals surface area contributed by atoms with Crippen LogP contribution in [0, 0.1) is 12.9 Å². The summed E-state index contributed by atoms with van der Waals surface area (Å²) >= 11 is 6.26. The number of pyridine rings is 1. The molecule has 0 aliphatic rings. The van der Waals surface area contributed by atoms with Crippen LogP contribution in [-0.4, -0.2) is 37.6 Å². The number of aromatic amines is 1. The maximum Gasteiger partial charge on any atom is 0.289 e. The summed E-state index contributed by atoms with van der Waals surface area (Å²) < 4.78 is 13.3. The minimum absolute atomic E-state index is 0.0315. The SMILES string of the molecule is Cc1nc(C(=O)N[C@H](C)c2cccc(F)n2)nc(NCCc2cn[nH]c2)c1Cl. The first-order chi connectivity index (χ1) is 13.4. The van der Waals surface area contributed by atoms with Crippen molar-refractivity contribution in [3.8, 4) is 0 Å². The molecule has 8 nitrogen and oxygen atoms in total. The first-order valence-electron chi connectivity index (χ1n) is 8.63. The van der Waals surface area contributed by atoms with E-state index in [0.717, 1.165) is 5.56 Å². The van der Waals surface area contributed by atoms with Gasteiger partial charge in [-0.3, -0.25) is 9.89 Å². The number of amides is 1. The molecular weight excluding hydrogens is 385 g/mol. The number of hydrogen-bond acceptors (Lipinski definition) is 6. The van der Waals surface area contributed by atoms with E-state index in [1.54, 1.807) is 32.3 Å². The number of halogens is 2. The quantitative estimate of drug-likeness (QED) is 0.523. The van der Waals surface area contributed by atoms with Gasteiger partial charge in [-0.2, -0.15) is 9.49 Å². The summed E-state index contributed by atoms with van der Waals surface area (Å²) in [4.78, 5) is 24.7. The molecular formula is C18H19ClFN7O. The Labute approximate surface area is 166 Å². The summed E-state index contributed by atoms with van der Waals surface area (Å²) in [6.07, 6.45) is 4.24. The van der Waals surface area contributed by atoms with E-state index >= 15 is 0 Å². The number of hydrogen-bond donors (Lipinski definition) is 3. The number of nitrogens with one attached hydrogen (secondary N) is 3. The average Bonchev–Trinajstić information content (AvgIpc) is 3.18. The van der Waals surface area contributed by atoms with Crippen molar-refractivity contribution in [1.82, 2.24) is 30.5 Å². The minimum atomic E-state index is -0.610. The van der Waals surface area contributed by atoms with Crippen molar-refractivity contribution in [2.24, 2.45) is 0 Å². The number of nitrogens with zero attached hydrogens (tertiary/aromatic N) is 4. The number of rotatable bonds is 7. The zero-order chi connectivity index (χ0) is 20.1. The number of aryl methyl sites for hydroxylation is 1. The van der Waals surface area contributed by atoms with E-state index in [9.17, 15) is 9.18 Å². The molecule has 3 rings (SSSR count).